The number of halogens is 5. The fraction of sp³-hybridized carbons (Fsp3) is 0.273. The lowest BCUT2D eigenvalue weighted by molar-refractivity contribution is -0.137. The predicted molar refractivity (Wildman–Crippen MR) is 58.8 cm³/mol. The van der Waals surface area contributed by atoms with Gasteiger partial charge in [0, 0.05) is 5.33 Å². The topological polar surface area (TPSA) is 0 Å². The third-order valence-corrected chi connectivity index (χ3v) is 2.35. The highest BCUT2D eigenvalue weighted by Gasteiger charge is 2.32. The summed E-state index contributed by atoms with van der Waals surface area (Å²) in [6.45, 7) is 0. The minimum atomic E-state index is -4.46. The van der Waals surface area contributed by atoms with Crippen LogP contribution in [0.15, 0.2) is 24.3 Å². The maximum absolute atomic E-state index is 12.8. The van der Waals surface area contributed by atoms with Crippen molar-refractivity contribution in [3.8, 4) is 0 Å². The summed E-state index contributed by atoms with van der Waals surface area (Å²) in [5.41, 5.74) is -0.965. The van der Waals surface area contributed by atoms with Crippen LogP contribution in [0.5, 0.6) is 0 Å². The molecule has 0 aliphatic carbocycles. The fourth-order valence-electron chi connectivity index (χ4n) is 1.20. The highest BCUT2D eigenvalue weighted by molar-refractivity contribution is 9.09. The van der Waals surface area contributed by atoms with Crippen LogP contribution in [0.25, 0.3) is 6.08 Å². The van der Waals surface area contributed by atoms with E-state index in [-0.39, 0.29) is 5.56 Å². The van der Waals surface area contributed by atoms with E-state index >= 15 is 0 Å². The SMILES string of the molecule is Fc1ccc(C(F)(F)F)c(C=CCCBr)c1. The van der Waals surface area contributed by atoms with E-state index in [0.717, 1.165) is 18.2 Å². The predicted octanol–water partition coefficient (Wildman–Crippen LogP) is 4.64. The van der Waals surface area contributed by atoms with Crippen molar-refractivity contribution in [2.24, 2.45) is 0 Å². The lowest BCUT2D eigenvalue weighted by atomic mass is 10.1. The monoisotopic (exact) mass is 296 g/mol. The summed E-state index contributed by atoms with van der Waals surface area (Å²) in [5, 5.41) is 0.653. The first-order chi connectivity index (χ1) is 7.45. The van der Waals surface area contributed by atoms with Gasteiger partial charge >= 0.3 is 6.18 Å². The zero-order chi connectivity index (χ0) is 12.2. The molecule has 88 valence electrons. The maximum atomic E-state index is 12.8. The second-order valence-corrected chi connectivity index (χ2v) is 3.90. The van der Waals surface area contributed by atoms with E-state index in [1.807, 2.05) is 0 Å². The van der Waals surface area contributed by atoms with Gasteiger partial charge in [-0.15, -0.1) is 0 Å². The van der Waals surface area contributed by atoms with E-state index in [4.69, 9.17) is 0 Å². The van der Waals surface area contributed by atoms with E-state index < -0.39 is 17.6 Å². The Hall–Kier alpha value is -0.840. The van der Waals surface area contributed by atoms with Crippen LogP contribution in [0, 0.1) is 5.82 Å². The molecule has 0 aliphatic rings. The first kappa shape index (κ1) is 13.2. The molecule has 0 atom stereocenters. The van der Waals surface area contributed by atoms with Crippen molar-refractivity contribution in [3.05, 3.63) is 41.2 Å². The summed E-state index contributed by atoms with van der Waals surface area (Å²) in [7, 11) is 0. The molecule has 0 saturated heterocycles. The number of rotatable bonds is 3. The quantitative estimate of drug-likeness (QED) is 0.563. The molecule has 5 heteroatoms. The number of allylic oxidation sites excluding steroid dienone is 1. The van der Waals surface area contributed by atoms with Gasteiger partial charge in [0.2, 0.25) is 0 Å². The molecule has 0 aromatic heterocycles. The van der Waals surface area contributed by atoms with Crippen molar-refractivity contribution in [2.75, 3.05) is 5.33 Å². The number of hydrogen-bond donors (Lipinski definition) is 0. The molecule has 1 aromatic carbocycles. The molecular weight excluding hydrogens is 288 g/mol. The van der Waals surface area contributed by atoms with E-state index in [1.165, 1.54) is 6.08 Å². The second-order valence-electron chi connectivity index (χ2n) is 3.11. The fourth-order valence-corrected chi connectivity index (χ4v) is 1.47. The van der Waals surface area contributed by atoms with E-state index in [2.05, 4.69) is 15.9 Å². The third-order valence-electron chi connectivity index (χ3n) is 1.89. The first-order valence-corrected chi connectivity index (χ1v) is 5.66. The van der Waals surface area contributed by atoms with Gasteiger partial charge in [-0.05, 0) is 30.2 Å². The van der Waals surface area contributed by atoms with Crippen molar-refractivity contribution in [1.29, 1.82) is 0 Å². The van der Waals surface area contributed by atoms with Crippen LogP contribution >= 0.6 is 15.9 Å². The molecule has 0 unspecified atom stereocenters. The standard InChI is InChI=1S/C11H9BrF4/c12-6-2-1-3-8-7-9(13)4-5-10(8)11(14,15)16/h1,3-5,7H,2,6H2. The zero-order valence-corrected chi connectivity index (χ0v) is 9.78. The Morgan fingerprint density at radius 2 is 1.94 bits per heavy atom. The lowest BCUT2D eigenvalue weighted by Crippen LogP contribution is -2.07. The number of benzene rings is 1. The molecule has 0 saturated carbocycles. The van der Waals surface area contributed by atoms with Crippen molar-refractivity contribution in [3.63, 3.8) is 0 Å². The molecule has 0 spiro atoms. The van der Waals surface area contributed by atoms with Gasteiger partial charge in [0.25, 0.3) is 0 Å². The number of alkyl halides is 4. The largest absolute Gasteiger partial charge is 0.416 e. The summed E-state index contributed by atoms with van der Waals surface area (Å²) >= 11 is 3.15. The maximum Gasteiger partial charge on any atom is 0.416 e. The lowest BCUT2D eigenvalue weighted by Gasteiger charge is -2.10. The molecule has 0 aliphatic heterocycles. The molecule has 0 fully saturated rings. The van der Waals surface area contributed by atoms with Crippen molar-refractivity contribution < 1.29 is 17.6 Å². The van der Waals surface area contributed by atoms with E-state index in [0.29, 0.717) is 11.8 Å². The molecule has 0 radical (unpaired) electrons. The Bertz CT molecular complexity index is 382. The minimum Gasteiger partial charge on any atom is -0.207 e. The summed E-state index contributed by atoms with van der Waals surface area (Å²) in [6.07, 6.45) is -1.01. The van der Waals surface area contributed by atoms with Crippen LogP contribution in [0.4, 0.5) is 17.6 Å². The van der Waals surface area contributed by atoms with Gasteiger partial charge in [0.05, 0.1) is 5.56 Å². The third kappa shape index (κ3) is 3.63. The van der Waals surface area contributed by atoms with Crippen LogP contribution in [0.2, 0.25) is 0 Å². The Morgan fingerprint density at radius 1 is 1.25 bits per heavy atom. The van der Waals surface area contributed by atoms with E-state index in [1.54, 1.807) is 6.08 Å². The number of hydrogen-bond acceptors (Lipinski definition) is 0. The van der Waals surface area contributed by atoms with Gasteiger partial charge < -0.3 is 0 Å². The summed E-state index contributed by atoms with van der Waals surface area (Å²) < 4.78 is 50.4. The molecule has 0 bridgehead atoms. The molecule has 0 heterocycles. The molecule has 0 N–H and O–H groups in total. The van der Waals surface area contributed by atoms with Crippen molar-refractivity contribution >= 4 is 22.0 Å². The van der Waals surface area contributed by atoms with Crippen LogP contribution < -0.4 is 0 Å². The summed E-state index contributed by atoms with van der Waals surface area (Å²) in [6, 6.07) is 2.45. The van der Waals surface area contributed by atoms with Gasteiger partial charge in [-0.1, -0.05) is 28.1 Å². The van der Waals surface area contributed by atoms with Gasteiger partial charge in [-0.3, -0.25) is 0 Å². The summed E-state index contributed by atoms with van der Waals surface area (Å²) in [4.78, 5) is 0. The van der Waals surface area contributed by atoms with Gasteiger partial charge in [0.15, 0.2) is 0 Å². The van der Waals surface area contributed by atoms with Crippen molar-refractivity contribution in [2.45, 2.75) is 12.6 Å². The van der Waals surface area contributed by atoms with E-state index in [9.17, 15) is 17.6 Å². The molecule has 0 amide bonds. The Kier molecular flexibility index (Phi) is 4.53. The molecule has 1 aromatic rings. The van der Waals surface area contributed by atoms with Crippen LogP contribution in [-0.2, 0) is 6.18 Å². The van der Waals surface area contributed by atoms with Gasteiger partial charge in [0.1, 0.15) is 5.82 Å². The highest BCUT2D eigenvalue weighted by atomic mass is 79.9. The highest BCUT2D eigenvalue weighted by Crippen LogP contribution is 2.32. The van der Waals surface area contributed by atoms with Gasteiger partial charge in [-0.25, -0.2) is 4.39 Å². The van der Waals surface area contributed by atoms with Gasteiger partial charge in [-0.2, -0.15) is 13.2 Å². The summed E-state index contributed by atoms with van der Waals surface area (Å²) in [5.74, 6) is -0.675. The first-order valence-electron chi connectivity index (χ1n) is 4.54. The minimum absolute atomic E-state index is 0.145. The van der Waals surface area contributed by atoms with Crippen LogP contribution in [0.1, 0.15) is 17.5 Å². The molecule has 1 rings (SSSR count). The molecular formula is C11H9BrF4. The molecule has 0 nitrogen and oxygen atoms in total. The average Bonchev–Trinajstić information content (AvgIpc) is 2.16. The van der Waals surface area contributed by atoms with Crippen LogP contribution in [-0.4, -0.2) is 5.33 Å². The average molecular weight is 297 g/mol. The Labute approximate surface area is 99.1 Å². The normalized spacial score (nSPS) is 12.3. The molecule has 16 heavy (non-hydrogen) atoms. The second kappa shape index (κ2) is 5.48. The smallest absolute Gasteiger partial charge is 0.207 e. The van der Waals surface area contributed by atoms with Crippen molar-refractivity contribution in [1.82, 2.24) is 0 Å². The Morgan fingerprint density at radius 3 is 2.50 bits per heavy atom. The zero-order valence-electron chi connectivity index (χ0n) is 8.19. The van der Waals surface area contributed by atoms with Crippen LogP contribution in [0.3, 0.4) is 0 Å². The Balaban J connectivity index is 3.09.